The van der Waals surface area contributed by atoms with Crippen LogP contribution in [0.4, 0.5) is 5.69 Å². The summed E-state index contributed by atoms with van der Waals surface area (Å²) in [5.41, 5.74) is 4.34. The number of halogens is 1. The molecule has 8 heteroatoms. The molecule has 5 rings (SSSR count). The molecule has 1 aliphatic carbocycles. The van der Waals surface area contributed by atoms with Crippen molar-refractivity contribution in [2.45, 2.75) is 76.4 Å². The monoisotopic (exact) mass is 612 g/mol. The second-order valence-electron chi connectivity index (χ2n) is 12.3. The number of nitrogens with zero attached hydrogens (tertiary/aromatic N) is 1. The van der Waals surface area contributed by atoms with Gasteiger partial charge in [0.1, 0.15) is 5.75 Å². The number of aryl methyl sites for hydroxylation is 1. The molecule has 0 aromatic heterocycles. The zero-order chi connectivity index (χ0) is 29.8. The Balaban J connectivity index is 1.55. The van der Waals surface area contributed by atoms with Gasteiger partial charge in [-0.25, -0.2) is 0 Å². The van der Waals surface area contributed by atoms with Gasteiger partial charge in [-0.05, 0) is 96.3 Å². The average molecular weight is 613 g/mol. The number of rotatable bonds is 5. The number of carbonyl (C=O) groups excluding carboxylic acids is 1. The maximum absolute atomic E-state index is 13.1. The number of nitrogens with one attached hydrogen (secondary N) is 1. The highest BCUT2D eigenvalue weighted by Crippen LogP contribution is 2.44. The number of allylic oxidation sites excluding steroid dienone is 1. The van der Waals surface area contributed by atoms with E-state index in [4.69, 9.17) is 21.1 Å². The fraction of sp³-hybridized carbons (Fsp3) is 0.559. The first-order chi connectivity index (χ1) is 20.3. The van der Waals surface area contributed by atoms with Crippen LogP contribution in [0.1, 0.15) is 69.1 Å². The fourth-order valence-electron chi connectivity index (χ4n) is 6.62. The van der Waals surface area contributed by atoms with Gasteiger partial charge in [-0.1, -0.05) is 57.0 Å². The lowest BCUT2D eigenvalue weighted by atomic mass is 9.70. The minimum atomic E-state index is -0.150. The summed E-state index contributed by atoms with van der Waals surface area (Å²) in [6.45, 7) is 8.42. The molecular weight excluding hydrogens is 568 g/mol. The molecule has 0 saturated heterocycles. The normalized spacial score (nSPS) is 29.0. The molecule has 3 aliphatic rings. The second kappa shape index (κ2) is 14.1. The summed E-state index contributed by atoms with van der Waals surface area (Å²) in [6, 6.07) is 10.3. The highest BCUT2D eigenvalue weighted by Gasteiger charge is 2.39. The van der Waals surface area contributed by atoms with E-state index in [1.165, 1.54) is 23.1 Å². The van der Waals surface area contributed by atoms with Crippen LogP contribution in [-0.2, 0) is 22.6 Å². The lowest BCUT2D eigenvalue weighted by molar-refractivity contribution is -0.123. The van der Waals surface area contributed by atoms with E-state index in [-0.39, 0.29) is 36.4 Å². The van der Waals surface area contributed by atoms with Gasteiger partial charge in [0.15, 0.2) is 0 Å². The summed E-state index contributed by atoms with van der Waals surface area (Å²) in [5, 5.41) is 11.1. The van der Waals surface area contributed by atoms with Crippen LogP contribution >= 0.6 is 23.5 Å². The third kappa shape index (κ3) is 6.80. The van der Waals surface area contributed by atoms with Crippen molar-refractivity contribution in [3.63, 3.8) is 0 Å². The Bertz CT molecular complexity index is 1290. The van der Waals surface area contributed by atoms with E-state index in [1.807, 2.05) is 26.2 Å². The Labute approximate surface area is 260 Å². The molecular formula is C34H45ClN2O4S. The van der Waals surface area contributed by atoms with Crippen LogP contribution in [0.2, 0.25) is 5.02 Å². The van der Waals surface area contributed by atoms with Crippen molar-refractivity contribution in [2.75, 3.05) is 31.7 Å². The Morgan fingerprint density at radius 2 is 2.00 bits per heavy atom. The molecule has 1 amide bonds. The van der Waals surface area contributed by atoms with Gasteiger partial charge in [0, 0.05) is 42.0 Å². The lowest BCUT2D eigenvalue weighted by Crippen LogP contribution is -2.44. The molecule has 2 aromatic carbocycles. The SMILES string of the molecule is CCCc1cc(Cl)ccc1C1COc2cc(CO)c3cc2N(C1)CC1CCC1C(OC)/C=C/CC(C)C(C)C(=O)NS3. The molecule has 0 spiro atoms. The highest BCUT2D eigenvalue weighted by atomic mass is 35.5. The van der Waals surface area contributed by atoms with Crippen LogP contribution in [0.15, 0.2) is 47.4 Å². The van der Waals surface area contributed by atoms with Gasteiger partial charge in [-0.3, -0.25) is 9.52 Å². The second-order valence-corrected chi connectivity index (χ2v) is 13.6. The first kappa shape index (κ1) is 31.2. The Hall–Kier alpha value is -2.19. The molecule has 1 fully saturated rings. The Morgan fingerprint density at radius 1 is 1.17 bits per heavy atom. The largest absolute Gasteiger partial charge is 0.491 e. The summed E-state index contributed by atoms with van der Waals surface area (Å²) in [7, 11) is 1.81. The quantitative estimate of drug-likeness (QED) is 0.276. The van der Waals surface area contributed by atoms with E-state index in [0.717, 1.165) is 72.1 Å². The number of benzene rings is 2. The summed E-state index contributed by atoms with van der Waals surface area (Å²) >= 11 is 7.72. The van der Waals surface area contributed by atoms with Gasteiger partial charge in [0.05, 0.1) is 25.0 Å². The summed E-state index contributed by atoms with van der Waals surface area (Å²) in [6.07, 6.45) is 9.63. The topological polar surface area (TPSA) is 71.0 Å². The number of carbonyl (C=O) groups is 1. The van der Waals surface area contributed by atoms with Gasteiger partial charge in [0.25, 0.3) is 0 Å². The maximum Gasteiger partial charge on any atom is 0.233 e. The molecule has 1 saturated carbocycles. The molecule has 2 N–H and O–H groups in total. The number of methoxy groups -OCH3 is 1. The van der Waals surface area contributed by atoms with Gasteiger partial charge in [-0.15, -0.1) is 0 Å². The predicted octanol–water partition coefficient (Wildman–Crippen LogP) is 7.16. The molecule has 2 bridgehead atoms. The van der Waals surface area contributed by atoms with E-state index >= 15 is 0 Å². The van der Waals surface area contributed by atoms with Crippen LogP contribution in [0.5, 0.6) is 5.75 Å². The lowest BCUT2D eigenvalue weighted by Gasteiger charge is -2.43. The van der Waals surface area contributed by atoms with E-state index in [9.17, 15) is 9.90 Å². The number of hydrogen-bond donors (Lipinski definition) is 2. The Morgan fingerprint density at radius 3 is 2.71 bits per heavy atom. The molecule has 2 aromatic rings. The molecule has 6 unspecified atom stereocenters. The van der Waals surface area contributed by atoms with Crippen LogP contribution in [-0.4, -0.2) is 43.9 Å². The van der Waals surface area contributed by atoms with Gasteiger partial charge in [0.2, 0.25) is 5.91 Å². The van der Waals surface area contributed by atoms with E-state index in [0.29, 0.717) is 18.4 Å². The van der Waals surface area contributed by atoms with Crippen LogP contribution in [0, 0.1) is 23.7 Å². The van der Waals surface area contributed by atoms with Gasteiger partial charge >= 0.3 is 0 Å². The highest BCUT2D eigenvalue weighted by molar-refractivity contribution is 7.98. The van der Waals surface area contributed by atoms with Crippen LogP contribution in [0.25, 0.3) is 0 Å². The maximum atomic E-state index is 13.1. The number of amides is 1. The van der Waals surface area contributed by atoms with E-state index in [2.05, 4.69) is 53.8 Å². The molecule has 6 atom stereocenters. The minimum absolute atomic E-state index is 0.00598. The molecule has 0 radical (unpaired) electrons. The fourth-order valence-corrected chi connectivity index (χ4v) is 7.64. The minimum Gasteiger partial charge on any atom is -0.491 e. The van der Waals surface area contributed by atoms with Crippen molar-refractivity contribution in [3.05, 3.63) is 64.2 Å². The zero-order valence-corrected chi connectivity index (χ0v) is 26.8. The smallest absolute Gasteiger partial charge is 0.233 e. The molecule has 42 heavy (non-hydrogen) atoms. The Kier molecular flexibility index (Phi) is 10.5. The number of aliphatic hydroxyl groups excluding tert-OH is 1. The van der Waals surface area contributed by atoms with Crippen molar-refractivity contribution < 1.29 is 19.4 Å². The molecule has 228 valence electrons. The van der Waals surface area contributed by atoms with Crippen LogP contribution in [0.3, 0.4) is 0 Å². The third-order valence-electron chi connectivity index (χ3n) is 9.59. The van der Waals surface area contributed by atoms with Crippen molar-refractivity contribution in [1.29, 1.82) is 0 Å². The number of aliphatic hydroxyl groups is 1. The third-order valence-corrected chi connectivity index (χ3v) is 10.7. The van der Waals surface area contributed by atoms with Gasteiger partial charge < -0.3 is 19.5 Å². The average Bonchev–Trinajstić information content (AvgIpc) is 3.15. The summed E-state index contributed by atoms with van der Waals surface area (Å²) in [4.78, 5) is 16.4. The van der Waals surface area contributed by atoms with Crippen molar-refractivity contribution in [3.8, 4) is 5.75 Å². The van der Waals surface area contributed by atoms with Crippen molar-refractivity contribution >= 4 is 35.1 Å². The van der Waals surface area contributed by atoms with Crippen molar-refractivity contribution in [1.82, 2.24) is 4.72 Å². The van der Waals surface area contributed by atoms with Crippen molar-refractivity contribution in [2.24, 2.45) is 23.7 Å². The predicted molar refractivity (Wildman–Crippen MR) is 171 cm³/mol. The zero-order valence-electron chi connectivity index (χ0n) is 25.3. The molecule has 6 nitrogen and oxygen atoms in total. The van der Waals surface area contributed by atoms with E-state index in [1.54, 1.807) is 0 Å². The van der Waals surface area contributed by atoms with Crippen LogP contribution < -0.4 is 14.4 Å². The number of ether oxygens (including phenoxy) is 2. The molecule has 2 aliphatic heterocycles. The summed E-state index contributed by atoms with van der Waals surface area (Å²) in [5.74, 6) is 1.92. The van der Waals surface area contributed by atoms with E-state index < -0.39 is 0 Å². The van der Waals surface area contributed by atoms with Gasteiger partial charge in [-0.2, -0.15) is 0 Å². The number of hydrogen-bond acceptors (Lipinski definition) is 6. The molecule has 2 heterocycles. The summed E-state index contributed by atoms with van der Waals surface area (Å²) < 4.78 is 15.6. The first-order valence-electron chi connectivity index (χ1n) is 15.4. The first-order valence-corrected chi connectivity index (χ1v) is 16.6. The number of fused-ring (bicyclic) bond motifs is 2. The number of anilines is 1. The standard InChI is InChI=1S/C34H45ClN2O4S/c1-5-7-23-14-27(35)11-13-28(23)26-18-37-17-24-10-12-29(24)31(40-4)9-6-8-21(2)22(3)34(39)36-42-33-16-30(37)32(41-20-26)15-25(33)19-38/h6,9,11,13-16,21-22,24,26,29,31,38H,5,7-8,10,12,17-20H2,1-4H3,(H,36,39)/b9-6+.